The third-order valence-electron chi connectivity index (χ3n) is 3.68. The van der Waals surface area contributed by atoms with Crippen LogP contribution in [0, 0.1) is 5.92 Å². The fourth-order valence-corrected chi connectivity index (χ4v) is 2.35. The van der Waals surface area contributed by atoms with Crippen molar-refractivity contribution in [2.75, 3.05) is 33.4 Å². The number of rotatable bonds is 9. The quantitative estimate of drug-likeness (QED) is 0.549. The Hall–Kier alpha value is -2.61. The summed E-state index contributed by atoms with van der Waals surface area (Å²) in [7, 11) is 1.33. The molecule has 0 saturated carbocycles. The van der Waals surface area contributed by atoms with Crippen LogP contribution >= 0.6 is 0 Å². The molecule has 0 aliphatic carbocycles. The smallest absolute Gasteiger partial charge is 0.310 e. The molecule has 0 radical (unpaired) electrons. The van der Waals surface area contributed by atoms with Crippen LogP contribution in [-0.4, -0.2) is 60.4 Å². The van der Waals surface area contributed by atoms with E-state index < -0.39 is 5.92 Å². The largest absolute Gasteiger partial charge is 0.469 e. The number of aromatic amines is 1. The number of methoxy groups -OCH3 is 1. The summed E-state index contributed by atoms with van der Waals surface area (Å²) in [6, 6.07) is 5.15. The number of carbonyl (C=O) groups is 2. The van der Waals surface area contributed by atoms with Crippen molar-refractivity contribution in [1.82, 2.24) is 15.1 Å². The maximum Gasteiger partial charge on any atom is 0.310 e. The zero-order chi connectivity index (χ0) is 18.2. The molecular formula is C17H23N3O5. The monoisotopic (exact) mass is 349 g/mol. The molecule has 2 aromatic heterocycles. The molecule has 0 aliphatic rings. The average molecular weight is 349 g/mol. The van der Waals surface area contributed by atoms with Gasteiger partial charge in [0.2, 0.25) is 0 Å². The predicted molar refractivity (Wildman–Crippen MR) is 89.9 cm³/mol. The van der Waals surface area contributed by atoms with Gasteiger partial charge in [0.05, 0.1) is 25.9 Å². The first kappa shape index (κ1) is 18.7. The van der Waals surface area contributed by atoms with E-state index in [1.165, 1.54) is 7.11 Å². The van der Waals surface area contributed by atoms with Crippen LogP contribution in [0.5, 0.6) is 0 Å². The van der Waals surface area contributed by atoms with Crippen molar-refractivity contribution in [2.45, 2.75) is 13.8 Å². The number of furan rings is 1. The summed E-state index contributed by atoms with van der Waals surface area (Å²) in [6.07, 6.45) is 1.55. The zero-order valence-electron chi connectivity index (χ0n) is 14.7. The number of esters is 1. The first-order chi connectivity index (χ1) is 12.1. The van der Waals surface area contributed by atoms with Crippen LogP contribution in [0.2, 0.25) is 0 Å². The Morgan fingerprint density at radius 3 is 2.88 bits per heavy atom. The molecule has 0 saturated heterocycles. The molecule has 2 heterocycles. The Kier molecular flexibility index (Phi) is 6.76. The van der Waals surface area contributed by atoms with Crippen molar-refractivity contribution in [1.29, 1.82) is 0 Å². The lowest BCUT2D eigenvalue weighted by molar-refractivity contribution is -0.145. The molecule has 25 heavy (non-hydrogen) atoms. The van der Waals surface area contributed by atoms with Gasteiger partial charge in [-0.15, -0.1) is 0 Å². The van der Waals surface area contributed by atoms with Gasteiger partial charge in [0.15, 0.2) is 11.5 Å². The molecule has 2 aromatic rings. The minimum absolute atomic E-state index is 0.224. The minimum Gasteiger partial charge on any atom is -0.469 e. The molecule has 1 N–H and O–H groups in total. The van der Waals surface area contributed by atoms with Crippen LogP contribution < -0.4 is 0 Å². The minimum atomic E-state index is -0.445. The van der Waals surface area contributed by atoms with Gasteiger partial charge >= 0.3 is 5.97 Å². The number of carbonyl (C=O) groups excluding carboxylic acids is 2. The summed E-state index contributed by atoms with van der Waals surface area (Å²) in [6.45, 7) is 5.11. The molecule has 8 heteroatoms. The number of aromatic nitrogens is 2. The summed E-state index contributed by atoms with van der Waals surface area (Å²) < 4.78 is 15.3. The van der Waals surface area contributed by atoms with E-state index in [0.29, 0.717) is 31.2 Å². The van der Waals surface area contributed by atoms with E-state index in [9.17, 15) is 9.59 Å². The Morgan fingerprint density at radius 1 is 1.44 bits per heavy atom. The van der Waals surface area contributed by atoms with Gasteiger partial charge in [-0.25, -0.2) is 0 Å². The van der Waals surface area contributed by atoms with Crippen molar-refractivity contribution in [3.63, 3.8) is 0 Å². The number of hydrogen-bond donors (Lipinski definition) is 1. The number of amides is 1. The highest BCUT2D eigenvalue weighted by Crippen LogP contribution is 2.19. The fraction of sp³-hybridized carbons (Fsp3) is 0.471. The molecular weight excluding hydrogens is 326 g/mol. The van der Waals surface area contributed by atoms with E-state index in [-0.39, 0.29) is 24.1 Å². The Labute approximate surface area is 146 Å². The Bertz CT molecular complexity index is 680. The standard InChI is InChI=1S/C17H23N3O5/c1-4-24-9-7-20(11-12(2)17(22)23-3)16(21)14-10-13(18-19-14)15-6-5-8-25-15/h5-6,8,10,12H,4,7,9,11H2,1-3H3,(H,18,19)/t12-/m0/s1. The molecule has 0 aromatic carbocycles. The molecule has 2 rings (SSSR count). The van der Waals surface area contributed by atoms with E-state index in [1.807, 2.05) is 6.92 Å². The molecule has 136 valence electrons. The van der Waals surface area contributed by atoms with Gasteiger partial charge < -0.3 is 18.8 Å². The van der Waals surface area contributed by atoms with Gasteiger partial charge in [-0.2, -0.15) is 5.10 Å². The van der Waals surface area contributed by atoms with E-state index in [2.05, 4.69) is 10.2 Å². The lowest BCUT2D eigenvalue weighted by Gasteiger charge is -2.24. The van der Waals surface area contributed by atoms with Gasteiger partial charge in [-0.1, -0.05) is 6.92 Å². The Balaban J connectivity index is 2.11. The van der Waals surface area contributed by atoms with E-state index in [1.54, 1.807) is 36.3 Å². The number of nitrogens with one attached hydrogen (secondary N) is 1. The number of ether oxygens (including phenoxy) is 2. The summed E-state index contributed by atoms with van der Waals surface area (Å²) in [5.41, 5.74) is 0.860. The number of nitrogens with zero attached hydrogens (tertiary/aromatic N) is 2. The normalized spacial score (nSPS) is 12.0. The molecule has 8 nitrogen and oxygen atoms in total. The van der Waals surface area contributed by atoms with Gasteiger partial charge in [0.25, 0.3) is 5.91 Å². The highest BCUT2D eigenvalue weighted by atomic mass is 16.5. The summed E-state index contributed by atoms with van der Waals surface area (Å²) in [5, 5.41) is 6.84. The second-order valence-corrected chi connectivity index (χ2v) is 5.52. The van der Waals surface area contributed by atoms with Crippen LogP contribution in [-0.2, 0) is 14.3 Å². The van der Waals surface area contributed by atoms with Crippen LogP contribution in [0.15, 0.2) is 28.9 Å². The lowest BCUT2D eigenvalue weighted by atomic mass is 10.1. The second-order valence-electron chi connectivity index (χ2n) is 5.52. The van der Waals surface area contributed by atoms with Crippen LogP contribution in [0.3, 0.4) is 0 Å². The van der Waals surface area contributed by atoms with Crippen molar-refractivity contribution >= 4 is 11.9 Å². The van der Waals surface area contributed by atoms with Gasteiger partial charge in [-0.05, 0) is 19.1 Å². The number of hydrogen-bond acceptors (Lipinski definition) is 6. The maximum absolute atomic E-state index is 12.8. The highest BCUT2D eigenvalue weighted by Gasteiger charge is 2.24. The molecule has 1 amide bonds. The predicted octanol–water partition coefficient (Wildman–Crippen LogP) is 1.96. The van der Waals surface area contributed by atoms with Crippen molar-refractivity contribution in [3.05, 3.63) is 30.2 Å². The van der Waals surface area contributed by atoms with Crippen molar-refractivity contribution in [3.8, 4) is 11.5 Å². The van der Waals surface area contributed by atoms with E-state index >= 15 is 0 Å². The SMILES string of the molecule is CCOCCN(C[C@H](C)C(=O)OC)C(=O)c1cc(-c2ccco2)[nH]n1. The van der Waals surface area contributed by atoms with Crippen molar-refractivity contribution in [2.24, 2.45) is 5.92 Å². The first-order valence-corrected chi connectivity index (χ1v) is 8.11. The summed E-state index contributed by atoms with van der Waals surface area (Å²) >= 11 is 0. The molecule has 0 spiro atoms. The topological polar surface area (TPSA) is 97.7 Å². The van der Waals surface area contributed by atoms with Gasteiger partial charge in [0.1, 0.15) is 5.69 Å². The van der Waals surface area contributed by atoms with Gasteiger partial charge in [0, 0.05) is 25.8 Å². The zero-order valence-corrected chi connectivity index (χ0v) is 14.7. The highest BCUT2D eigenvalue weighted by molar-refractivity contribution is 5.93. The lowest BCUT2D eigenvalue weighted by Crippen LogP contribution is -2.39. The molecule has 0 fully saturated rings. The molecule has 0 aliphatic heterocycles. The third-order valence-corrected chi connectivity index (χ3v) is 3.68. The van der Waals surface area contributed by atoms with Crippen molar-refractivity contribution < 1.29 is 23.5 Å². The molecule has 1 atom stereocenters. The second kappa shape index (κ2) is 9.03. The third kappa shape index (κ3) is 4.93. The van der Waals surface area contributed by atoms with Gasteiger partial charge in [-0.3, -0.25) is 14.7 Å². The van der Waals surface area contributed by atoms with E-state index in [0.717, 1.165) is 0 Å². The molecule has 0 unspecified atom stereocenters. The average Bonchev–Trinajstić information content (AvgIpc) is 3.30. The molecule has 0 bridgehead atoms. The maximum atomic E-state index is 12.8. The summed E-state index contributed by atoms with van der Waals surface area (Å²) in [4.78, 5) is 26.0. The first-order valence-electron chi connectivity index (χ1n) is 8.11. The van der Waals surface area contributed by atoms with E-state index in [4.69, 9.17) is 13.9 Å². The number of H-pyrrole nitrogens is 1. The van der Waals surface area contributed by atoms with Crippen LogP contribution in [0.4, 0.5) is 0 Å². The van der Waals surface area contributed by atoms with Crippen LogP contribution in [0.1, 0.15) is 24.3 Å². The fourth-order valence-electron chi connectivity index (χ4n) is 2.35. The van der Waals surface area contributed by atoms with Crippen LogP contribution in [0.25, 0.3) is 11.5 Å². The summed E-state index contributed by atoms with van der Waals surface area (Å²) in [5.74, 6) is -0.508. The Morgan fingerprint density at radius 2 is 2.24 bits per heavy atom.